The van der Waals surface area contributed by atoms with Crippen LogP contribution in [0.5, 0.6) is 5.75 Å². The molecule has 0 aromatic heterocycles. The fourth-order valence-corrected chi connectivity index (χ4v) is 3.33. The van der Waals surface area contributed by atoms with Crippen LogP contribution in [0.2, 0.25) is 0 Å². The first-order valence-corrected chi connectivity index (χ1v) is 9.19. The van der Waals surface area contributed by atoms with E-state index in [0.29, 0.717) is 41.4 Å². The molecule has 0 saturated carbocycles. The molecule has 1 aromatic carbocycles. The summed E-state index contributed by atoms with van der Waals surface area (Å²) < 4.78 is 5.56. The minimum atomic E-state index is -0.262. The van der Waals surface area contributed by atoms with E-state index in [-0.39, 0.29) is 18.4 Å². The maximum atomic E-state index is 12.7. The summed E-state index contributed by atoms with van der Waals surface area (Å²) in [5, 5.41) is 9.05. The molecule has 0 unspecified atom stereocenters. The Morgan fingerprint density at radius 3 is 2.38 bits per heavy atom. The second kappa shape index (κ2) is 8.89. The van der Waals surface area contributed by atoms with Gasteiger partial charge in [0.2, 0.25) is 0 Å². The van der Waals surface area contributed by atoms with Crippen LogP contribution in [0.4, 0.5) is 0 Å². The van der Waals surface area contributed by atoms with Gasteiger partial charge in [-0.3, -0.25) is 14.5 Å². The van der Waals surface area contributed by atoms with Gasteiger partial charge in [0, 0.05) is 12.3 Å². The van der Waals surface area contributed by atoms with Crippen LogP contribution in [-0.4, -0.2) is 47.3 Å². The van der Waals surface area contributed by atoms with Crippen molar-refractivity contribution in [2.75, 3.05) is 25.5 Å². The van der Waals surface area contributed by atoms with Gasteiger partial charge in [0.25, 0.3) is 11.8 Å². The molecule has 1 aromatic rings. The highest BCUT2D eigenvalue weighted by Gasteiger charge is 2.38. The Bertz CT molecular complexity index is 624. The number of carbonyl (C=O) groups is 2. The molecule has 0 aliphatic carbocycles. The van der Waals surface area contributed by atoms with Crippen LogP contribution in [0.1, 0.15) is 32.3 Å². The molecule has 0 fully saturated rings. The predicted molar refractivity (Wildman–Crippen MR) is 95.7 cm³/mol. The lowest BCUT2D eigenvalue weighted by atomic mass is 10.1. The monoisotopic (exact) mass is 349 g/mol. The molecule has 2 rings (SSSR count). The van der Waals surface area contributed by atoms with Crippen LogP contribution < -0.4 is 4.74 Å². The predicted octanol–water partition coefficient (Wildman–Crippen LogP) is 2.69. The number of carbonyl (C=O) groups excluding carboxylic acids is 2. The molecule has 6 heteroatoms. The van der Waals surface area contributed by atoms with Gasteiger partial charge in [-0.25, -0.2) is 0 Å². The molecule has 1 aliphatic rings. The third kappa shape index (κ3) is 3.99. The third-order valence-corrected chi connectivity index (χ3v) is 4.58. The van der Waals surface area contributed by atoms with Gasteiger partial charge in [0.1, 0.15) is 5.75 Å². The van der Waals surface area contributed by atoms with E-state index in [0.717, 1.165) is 12.2 Å². The summed E-state index contributed by atoms with van der Waals surface area (Å²) in [5.41, 5.74) is 1.13. The largest absolute Gasteiger partial charge is 0.494 e. The molecule has 1 heterocycles. The van der Waals surface area contributed by atoms with Gasteiger partial charge in [-0.05, 0) is 30.5 Å². The summed E-state index contributed by atoms with van der Waals surface area (Å²) in [6.07, 6.45) is 1.64. The first-order valence-electron chi connectivity index (χ1n) is 8.21. The van der Waals surface area contributed by atoms with Gasteiger partial charge in [-0.1, -0.05) is 26.0 Å². The standard InChI is InChI=1S/C18H23NO4S/c1-3-9-19-17(21)15(16(18(19)22)24-12-10-20)13-5-7-14(8-6-13)23-11-4-2/h5-8,20H,3-4,9-12H2,1-2H3. The van der Waals surface area contributed by atoms with Crippen molar-refractivity contribution >= 4 is 29.1 Å². The van der Waals surface area contributed by atoms with E-state index in [9.17, 15) is 9.59 Å². The summed E-state index contributed by atoms with van der Waals surface area (Å²) in [6.45, 7) is 4.97. The average molecular weight is 349 g/mol. The summed E-state index contributed by atoms with van der Waals surface area (Å²) in [5.74, 6) is 0.606. The Balaban J connectivity index is 2.32. The molecule has 0 bridgehead atoms. The summed E-state index contributed by atoms with van der Waals surface area (Å²) in [7, 11) is 0. The van der Waals surface area contributed by atoms with E-state index >= 15 is 0 Å². The molecule has 130 valence electrons. The molecule has 2 amide bonds. The number of hydrogen-bond acceptors (Lipinski definition) is 5. The van der Waals surface area contributed by atoms with Crippen LogP contribution in [0, 0.1) is 0 Å². The van der Waals surface area contributed by atoms with Crippen LogP contribution in [0.15, 0.2) is 29.2 Å². The second-order valence-corrected chi connectivity index (χ2v) is 6.52. The first kappa shape index (κ1) is 18.5. The summed E-state index contributed by atoms with van der Waals surface area (Å²) in [4.78, 5) is 26.9. The number of aliphatic hydroxyl groups excluding tert-OH is 1. The fraction of sp³-hybridized carbons (Fsp3) is 0.444. The topological polar surface area (TPSA) is 66.8 Å². The van der Waals surface area contributed by atoms with E-state index in [1.54, 1.807) is 12.1 Å². The Hall–Kier alpha value is -1.79. The smallest absolute Gasteiger partial charge is 0.267 e. The number of aliphatic hydroxyl groups is 1. The number of rotatable bonds is 9. The van der Waals surface area contributed by atoms with E-state index in [1.807, 2.05) is 26.0 Å². The Morgan fingerprint density at radius 1 is 1.08 bits per heavy atom. The van der Waals surface area contributed by atoms with Gasteiger partial charge in [-0.2, -0.15) is 0 Å². The van der Waals surface area contributed by atoms with E-state index < -0.39 is 0 Å². The SMILES string of the molecule is CCCOc1ccc(C2=C(SCCO)C(=O)N(CCC)C2=O)cc1. The summed E-state index contributed by atoms with van der Waals surface area (Å²) in [6, 6.07) is 7.24. The van der Waals surface area contributed by atoms with Crippen molar-refractivity contribution in [2.24, 2.45) is 0 Å². The zero-order chi connectivity index (χ0) is 17.5. The Morgan fingerprint density at radius 2 is 1.79 bits per heavy atom. The molecule has 5 nitrogen and oxygen atoms in total. The van der Waals surface area contributed by atoms with E-state index in [2.05, 4.69) is 0 Å². The number of nitrogens with zero attached hydrogens (tertiary/aromatic N) is 1. The molecule has 0 saturated heterocycles. The number of hydrogen-bond donors (Lipinski definition) is 1. The highest BCUT2D eigenvalue weighted by molar-refractivity contribution is 8.04. The lowest BCUT2D eigenvalue weighted by Gasteiger charge is -2.13. The molecule has 0 radical (unpaired) electrons. The van der Waals surface area contributed by atoms with Crippen molar-refractivity contribution in [1.82, 2.24) is 4.90 Å². The average Bonchev–Trinajstić information content (AvgIpc) is 2.83. The highest BCUT2D eigenvalue weighted by atomic mass is 32.2. The molecular formula is C18H23NO4S. The molecule has 0 spiro atoms. The molecule has 24 heavy (non-hydrogen) atoms. The molecule has 0 atom stereocenters. The highest BCUT2D eigenvalue weighted by Crippen LogP contribution is 2.36. The van der Waals surface area contributed by atoms with Crippen molar-refractivity contribution in [1.29, 1.82) is 0 Å². The van der Waals surface area contributed by atoms with Gasteiger partial charge >= 0.3 is 0 Å². The fourth-order valence-electron chi connectivity index (χ4n) is 2.45. The van der Waals surface area contributed by atoms with Crippen LogP contribution in [0.3, 0.4) is 0 Å². The van der Waals surface area contributed by atoms with E-state index in [1.165, 1.54) is 16.7 Å². The second-order valence-electron chi connectivity index (χ2n) is 5.41. The minimum absolute atomic E-state index is 0.0412. The van der Waals surface area contributed by atoms with Crippen molar-refractivity contribution in [3.63, 3.8) is 0 Å². The maximum absolute atomic E-state index is 12.7. The normalized spacial score (nSPS) is 14.7. The number of thioether (sulfide) groups is 1. The van der Waals surface area contributed by atoms with Gasteiger partial charge < -0.3 is 9.84 Å². The Labute approximate surface area is 146 Å². The molecule has 1 aliphatic heterocycles. The number of amides is 2. The van der Waals surface area contributed by atoms with Crippen molar-refractivity contribution in [3.8, 4) is 5.75 Å². The van der Waals surface area contributed by atoms with Crippen LogP contribution in [-0.2, 0) is 9.59 Å². The summed E-state index contributed by atoms with van der Waals surface area (Å²) >= 11 is 1.23. The minimum Gasteiger partial charge on any atom is -0.494 e. The number of benzene rings is 1. The van der Waals surface area contributed by atoms with Gasteiger partial charge in [0.15, 0.2) is 0 Å². The van der Waals surface area contributed by atoms with Crippen LogP contribution in [0.25, 0.3) is 5.57 Å². The third-order valence-electron chi connectivity index (χ3n) is 3.53. The lowest BCUT2D eigenvalue weighted by Crippen LogP contribution is -2.32. The zero-order valence-corrected chi connectivity index (χ0v) is 14.9. The van der Waals surface area contributed by atoms with Crippen molar-refractivity contribution in [2.45, 2.75) is 26.7 Å². The zero-order valence-electron chi connectivity index (χ0n) is 14.1. The van der Waals surface area contributed by atoms with Crippen molar-refractivity contribution in [3.05, 3.63) is 34.7 Å². The van der Waals surface area contributed by atoms with Gasteiger partial charge in [0.05, 0.1) is 23.7 Å². The molecule has 1 N–H and O–H groups in total. The molecular weight excluding hydrogens is 326 g/mol. The first-order chi connectivity index (χ1) is 11.6. The number of ether oxygens (including phenoxy) is 1. The van der Waals surface area contributed by atoms with Gasteiger partial charge in [-0.15, -0.1) is 11.8 Å². The maximum Gasteiger partial charge on any atom is 0.267 e. The van der Waals surface area contributed by atoms with E-state index in [4.69, 9.17) is 9.84 Å². The van der Waals surface area contributed by atoms with Crippen molar-refractivity contribution < 1.29 is 19.4 Å². The Kier molecular flexibility index (Phi) is 6.87. The lowest BCUT2D eigenvalue weighted by molar-refractivity contribution is -0.136. The quantitative estimate of drug-likeness (QED) is 0.694. The van der Waals surface area contributed by atoms with Crippen LogP contribution >= 0.6 is 11.8 Å². The number of imide groups is 1.